The highest BCUT2D eigenvalue weighted by molar-refractivity contribution is 9.10. The van der Waals surface area contributed by atoms with Gasteiger partial charge in [0.25, 0.3) is 5.69 Å². The van der Waals surface area contributed by atoms with E-state index < -0.39 is 4.92 Å². The van der Waals surface area contributed by atoms with Crippen LogP contribution in [0.4, 0.5) is 11.5 Å². The van der Waals surface area contributed by atoms with Gasteiger partial charge >= 0.3 is 0 Å². The van der Waals surface area contributed by atoms with E-state index in [1.54, 1.807) is 6.92 Å². The van der Waals surface area contributed by atoms with Crippen LogP contribution in [0, 0.1) is 23.0 Å². The Hall–Kier alpha value is -1.17. The Morgan fingerprint density at radius 2 is 2.41 bits per heavy atom. The number of aromatic nitrogens is 1. The van der Waals surface area contributed by atoms with Crippen LogP contribution in [0.15, 0.2) is 10.7 Å². The molecule has 1 aliphatic rings. The van der Waals surface area contributed by atoms with E-state index >= 15 is 0 Å². The van der Waals surface area contributed by atoms with Gasteiger partial charge in [-0.2, -0.15) is 0 Å². The third-order valence-corrected chi connectivity index (χ3v) is 4.17. The van der Waals surface area contributed by atoms with Crippen LogP contribution in [0.5, 0.6) is 0 Å². The maximum atomic E-state index is 10.7. The van der Waals surface area contributed by atoms with Crippen molar-refractivity contribution in [2.24, 2.45) is 5.92 Å². The standard InChI is InChI=1S/C11H14BrN3O2/c1-3-7-4-8(7)14-11-10(12)6(2)9(5-13-11)15(16)17/h5,7-8H,3-4H2,1-2H3,(H,13,14). The van der Waals surface area contributed by atoms with Gasteiger partial charge in [-0.3, -0.25) is 10.1 Å². The fourth-order valence-electron chi connectivity index (χ4n) is 1.91. The van der Waals surface area contributed by atoms with E-state index in [9.17, 15) is 10.1 Å². The molecule has 0 amide bonds. The third kappa shape index (κ3) is 2.41. The molecular formula is C11H14BrN3O2. The van der Waals surface area contributed by atoms with E-state index in [1.165, 1.54) is 6.20 Å². The Morgan fingerprint density at radius 3 is 2.94 bits per heavy atom. The number of hydrogen-bond donors (Lipinski definition) is 1. The number of nitro groups is 1. The zero-order valence-electron chi connectivity index (χ0n) is 9.74. The molecule has 1 aliphatic carbocycles. The number of nitrogens with one attached hydrogen (secondary N) is 1. The molecule has 1 heterocycles. The number of anilines is 1. The smallest absolute Gasteiger partial charge is 0.291 e. The molecule has 2 unspecified atom stereocenters. The van der Waals surface area contributed by atoms with Crippen molar-refractivity contribution < 1.29 is 4.92 Å². The van der Waals surface area contributed by atoms with Crippen LogP contribution in [0.3, 0.4) is 0 Å². The molecule has 0 aromatic carbocycles. The van der Waals surface area contributed by atoms with Crippen molar-refractivity contribution in [1.82, 2.24) is 4.98 Å². The van der Waals surface area contributed by atoms with E-state index in [0.717, 1.165) is 12.8 Å². The molecule has 1 fully saturated rings. The van der Waals surface area contributed by atoms with Crippen molar-refractivity contribution in [2.75, 3.05) is 5.32 Å². The lowest BCUT2D eigenvalue weighted by molar-refractivity contribution is -0.385. The molecule has 6 heteroatoms. The molecule has 17 heavy (non-hydrogen) atoms. The summed E-state index contributed by atoms with van der Waals surface area (Å²) in [5, 5.41) is 14.1. The molecule has 0 saturated heterocycles. The summed E-state index contributed by atoms with van der Waals surface area (Å²) in [5.41, 5.74) is 0.659. The third-order valence-electron chi connectivity index (χ3n) is 3.20. The van der Waals surface area contributed by atoms with E-state index in [0.29, 0.717) is 27.8 Å². The Balaban J connectivity index is 2.19. The van der Waals surface area contributed by atoms with Crippen LogP contribution >= 0.6 is 15.9 Å². The van der Waals surface area contributed by atoms with E-state index in [2.05, 4.69) is 33.2 Å². The van der Waals surface area contributed by atoms with Gasteiger partial charge < -0.3 is 5.32 Å². The first-order valence-corrected chi connectivity index (χ1v) is 6.40. The molecule has 0 radical (unpaired) electrons. The van der Waals surface area contributed by atoms with Gasteiger partial charge in [-0.1, -0.05) is 13.3 Å². The molecule has 1 saturated carbocycles. The zero-order chi connectivity index (χ0) is 12.6. The number of halogens is 1. The van der Waals surface area contributed by atoms with Crippen LogP contribution in [-0.4, -0.2) is 15.9 Å². The minimum absolute atomic E-state index is 0.0465. The maximum Gasteiger partial charge on any atom is 0.291 e. The average Bonchev–Trinajstić information content (AvgIpc) is 3.03. The largest absolute Gasteiger partial charge is 0.366 e. The summed E-state index contributed by atoms with van der Waals surface area (Å²) < 4.78 is 0.688. The summed E-state index contributed by atoms with van der Waals surface area (Å²) in [5.74, 6) is 1.41. The SMILES string of the molecule is CCC1CC1Nc1ncc([N+](=O)[O-])c(C)c1Br. The number of nitrogens with zero attached hydrogens (tertiary/aromatic N) is 2. The number of hydrogen-bond acceptors (Lipinski definition) is 4. The lowest BCUT2D eigenvalue weighted by Crippen LogP contribution is -2.08. The summed E-state index contributed by atoms with van der Waals surface area (Å²) in [6, 6.07) is 0.463. The monoisotopic (exact) mass is 299 g/mol. The van der Waals surface area contributed by atoms with Crippen molar-refractivity contribution in [2.45, 2.75) is 32.7 Å². The Bertz CT molecular complexity index is 464. The minimum atomic E-state index is -0.414. The van der Waals surface area contributed by atoms with Crippen molar-refractivity contribution >= 4 is 27.4 Å². The molecule has 2 rings (SSSR count). The van der Waals surface area contributed by atoms with Crippen molar-refractivity contribution in [3.8, 4) is 0 Å². The van der Waals surface area contributed by atoms with Crippen LogP contribution in [-0.2, 0) is 0 Å². The second-order valence-electron chi connectivity index (χ2n) is 4.34. The quantitative estimate of drug-likeness (QED) is 0.684. The molecule has 0 aliphatic heterocycles. The van der Waals surface area contributed by atoms with E-state index in [1.807, 2.05) is 0 Å². The van der Waals surface area contributed by atoms with Crippen molar-refractivity contribution in [1.29, 1.82) is 0 Å². The van der Waals surface area contributed by atoms with E-state index in [4.69, 9.17) is 0 Å². The Morgan fingerprint density at radius 1 is 1.71 bits per heavy atom. The summed E-state index contributed by atoms with van der Waals surface area (Å²) in [6.07, 6.45) is 3.62. The molecule has 1 aromatic rings. The van der Waals surface area contributed by atoms with Crippen LogP contribution in [0.1, 0.15) is 25.3 Å². The molecular weight excluding hydrogens is 286 g/mol. The van der Waals surface area contributed by atoms with Crippen LogP contribution < -0.4 is 5.32 Å². The molecule has 0 spiro atoms. The van der Waals surface area contributed by atoms with Crippen molar-refractivity contribution in [3.05, 3.63) is 26.3 Å². The first kappa shape index (κ1) is 12.3. The lowest BCUT2D eigenvalue weighted by Gasteiger charge is -2.08. The number of rotatable bonds is 4. The fourth-order valence-corrected chi connectivity index (χ4v) is 2.33. The fraction of sp³-hybridized carbons (Fsp3) is 0.545. The average molecular weight is 300 g/mol. The molecule has 1 N–H and O–H groups in total. The first-order chi connectivity index (χ1) is 8.04. The minimum Gasteiger partial charge on any atom is -0.366 e. The predicted molar refractivity (Wildman–Crippen MR) is 69.1 cm³/mol. The predicted octanol–water partition coefficient (Wildman–Crippen LogP) is 3.27. The van der Waals surface area contributed by atoms with Crippen LogP contribution in [0.2, 0.25) is 0 Å². The Labute approximate surface area is 108 Å². The molecule has 1 aromatic heterocycles. The van der Waals surface area contributed by atoms with Gasteiger partial charge in [-0.15, -0.1) is 0 Å². The first-order valence-electron chi connectivity index (χ1n) is 5.60. The highest BCUT2D eigenvalue weighted by atomic mass is 79.9. The highest BCUT2D eigenvalue weighted by Crippen LogP contribution is 2.38. The van der Waals surface area contributed by atoms with E-state index in [-0.39, 0.29) is 5.69 Å². The van der Waals surface area contributed by atoms with Gasteiger partial charge in [0.05, 0.1) is 9.40 Å². The molecule has 2 atom stereocenters. The molecule has 5 nitrogen and oxygen atoms in total. The normalized spacial score (nSPS) is 22.3. The topological polar surface area (TPSA) is 68.1 Å². The second kappa shape index (κ2) is 4.60. The van der Waals surface area contributed by atoms with Gasteiger partial charge in [-0.05, 0) is 35.2 Å². The summed E-state index contributed by atoms with van der Waals surface area (Å²) >= 11 is 3.37. The second-order valence-corrected chi connectivity index (χ2v) is 5.14. The van der Waals surface area contributed by atoms with Gasteiger partial charge in [0.2, 0.25) is 0 Å². The van der Waals surface area contributed by atoms with Gasteiger partial charge in [0.1, 0.15) is 12.0 Å². The number of pyridine rings is 1. The Kier molecular flexibility index (Phi) is 3.33. The highest BCUT2D eigenvalue weighted by Gasteiger charge is 2.36. The summed E-state index contributed by atoms with van der Waals surface area (Å²) in [6.45, 7) is 3.88. The van der Waals surface area contributed by atoms with Gasteiger partial charge in [0.15, 0.2) is 0 Å². The molecule has 92 valence electrons. The lowest BCUT2D eigenvalue weighted by atomic mass is 10.2. The summed E-state index contributed by atoms with van der Waals surface area (Å²) in [4.78, 5) is 14.4. The maximum absolute atomic E-state index is 10.7. The van der Waals surface area contributed by atoms with Crippen molar-refractivity contribution in [3.63, 3.8) is 0 Å². The summed E-state index contributed by atoms with van der Waals surface area (Å²) in [7, 11) is 0. The molecule has 0 bridgehead atoms. The van der Waals surface area contributed by atoms with Crippen LogP contribution in [0.25, 0.3) is 0 Å². The van der Waals surface area contributed by atoms with Gasteiger partial charge in [0, 0.05) is 11.6 Å². The zero-order valence-corrected chi connectivity index (χ0v) is 11.3. The van der Waals surface area contributed by atoms with Gasteiger partial charge in [-0.25, -0.2) is 4.98 Å².